The summed E-state index contributed by atoms with van der Waals surface area (Å²) in [6, 6.07) is 8.74. The predicted molar refractivity (Wildman–Crippen MR) is 281 cm³/mol. The largest absolute Gasteiger partial charge is 0.508 e. The van der Waals surface area contributed by atoms with Gasteiger partial charge in [0.25, 0.3) is 11.8 Å². The Labute approximate surface area is 451 Å². The number of hydrogen-bond acceptors (Lipinski definition) is 17. The number of pyridine rings is 1. The van der Waals surface area contributed by atoms with Crippen molar-refractivity contribution in [3.63, 3.8) is 0 Å². The first-order valence-corrected chi connectivity index (χ1v) is 26.1. The molecule has 5 aromatic rings. The average molecular weight is 1080 g/mol. The normalized spacial score (nSPS) is 22.6. The Morgan fingerprint density at radius 2 is 1.76 bits per heavy atom. The SMILES string of the molecule is C#Cc1c(F)ccc2cc(O)cc(-c3ncc4c(N5CC6CCC(C5)N6)nc(OC[C@@]56CC[C@@H](COC(=O)N(C)CCOCCOCC(=O)Nc7ccc8c(c7)C(=O)N(C7CCC(=O)NC7=O)C8=O)N5CC(=C)C6)nc4c3F)c12. The molecule has 410 valence electrons. The van der Waals surface area contributed by atoms with Crippen LogP contribution in [0, 0.1) is 24.0 Å². The van der Waals surface area contributed by atoms with Crippen molar-refractivity contribution in [1.29, 1.82) is 0 Å². The van der Waals surface area contributed by atoms with Gasteiger partial charge in [0.15, 0.2) is 5.82 Å². The van der Waals surface area contributed by atoms with Crippen molar-refractivity contribution >= 4 is 68.8 Å². The Bertz CT molecular complexity index is 3420. The number of phenols is 1. The van der Waals surface area contributed by atoms with E-state index in [-0.39, 0.29) is 133 Å². The maximum Gasteiger partial charge on any atom is 0.409 e. The van der Waals surface area contributed by atoms with Crippen molar-refractivity contribution in [2.45, 2.75) is 74.7 Å². The third-order valence-corrected chi connectivity index (χ3v) is 15.7. The zero-order chi connectivity index (χ0) is 55.3. The third-order valence-electron chi connectivity index (χ3n) is 15.7. The maximum atomic E-state index is 17.2. The number of piperidine rings is 1. The van der Waals surface area contributed by atoms with E-state index in [4.69, 9.17) is 30.4 Å². The summed E-state index contributed by atoms with van der Waals surface area (Å²) < 4.78 is 55.7. The molecule has 6 aliphatic heterocycles. The van der Waals surface area contributed by atoms with Gasteiger partial charge >= 0.3 is 12.1 Å². The summed E-state index contributed by atoms with van der Waals surface area (Å²) in [6.45, 7) is 6.55. The second-order valence-electron chi connectivity index (χ2n) is 20.9. The number of terminal acetylenes is 1. The molecule has 4 N–H and O–H groups in total. The van der Waals surface area contributed by atoms with Gasteiger partial charge in [0, 0.05) is 80.6 Å². The highest BCUT2D eigenvalue weighted by Crippen LogP contribution is 2.45. The van der Waals surface area contributed by atoms with Crippen molar-refractivity contribution < 1.29 is 61.6 Å². The third kappa shape index (κ3) is 10.3. The maximum absolute atomic E-state index is 17.2. The summed E-state index contributed by atoms with van der Waals surface area (Å²) >= 11 is 0. The first kappa shape index (κ1) is 52.9. The lowest BCUT2D eigenvalue weighted by Gasteiger charge is -2.35. The van der Waals surface area contributed by atoms with E-state index in [0.717, 1.165) is 23.3 Å². The molecular weight excluding hydrogens is 1030 g/mol. The predicted octanol–water partition coefficient (Wildman–Crippen LogP) is 4.43. The fourth-order valence-corrected chi connectivity index (χ4v) is 11.9. The number of amides is 6. The molecule has 6 amide bonds. The number of piperazine rings is 1. The number of aromatic hydroxyl groups is 1. The van der Waals surface area contributed by atoms with Gasteiger partial charge in [0.2, 0.25) is 17.7 Å². The van der Waals surface area contributed by atoms with E-state index in [9.17, 15) is 33.9 Å². The molecule has 0 spiro atoms. The van der Waals surface area contributed by atoms with E-state index in [1.165, 1.54) is 53.6 Å². The zero-order valence-corrected chi connectivity index (χ0v) is 43.1. The number of rotatable bonds is 17. The van der Waals surface area contributed by atoms with Crippen LogP contribution in [0.4, 0.5) is 25.1 Å². The molecule has 11 rings (SSSR count). The molecule has 5 saturated heterocycles. The van der Waals surface area contributed by atoms with Gasteiger partial charge in [-0.3, -0.25) is 44.1 Å². The van der Waals surface area contributed by atoms with Crippen LogP contribution in [0.2, 0.25) is 0 Å². The number of fused-ring (bicyclic) bond motifs is 6. The Morgan fingerprint density at radius 1 is 0.975 bits per heavy atom. The minimum atomic E-state index is -1.11. The summed E-state index contributed by atoms with van der Waals surface area (Å²) in [4.78, 5) is 96.6. The van der Waals surface area contributed by atoms with Gasteiger partial charge in [-0.05, 0) is 80.3 Å². The first-order valence-electron chi connectivity index (χ1n) is 26.1. The van der Waals surface area contributed by atoms with Crippen molar-refractivity contribution in [3.8, 4) is 35.4 Å². The topological polar surface area (TPSA) is 247 Å². The molecule has 79 heavy (non-hydrogen) atoms. The number of likely N-dealkylation sites (N-methyl/N-ethyl adjacent to an activating group) is 1. The molecule has 0 radical (unpaired) electrons. The lowest BCUT2D eigenvalue weighted by molar-refractivity contribution is -0.136. The van der Waals surface area contributed by atoms with Gasteiger partial charge in [-0.15, -0.1) is 6.42 Å². The molecule has 0 saturated carbocycles. The van der Waals surface area contributed by atoms with E-state index in [1.807, 2.05) is 0 Å². The molecule has 6 aliphatic rings. The van der Waals surface area contributed by atoms with Crippen LogP contribution in [0.15, 0.2) is 60.8 Å². The number of nitrogens with one attached hydrogen (secondary N) is 3. The van der Waals surface area contributed by atoms with Gasteiger partial charge in [-0.25, -0.2) is 13.6 Å². The van der Waals surface area contributed by atoms with Crippen LogP contribution in [0.1, 0.15) is 71.2 Å². The molecular formula is C56H56F2N10O11. The smallest absolute Gasteiger partial charge is 0.409 e. The molecule has 2 aromatic heterocycles. The minimum Gasteiger partial charge on any atom is -0.508 e. The monoisotopic (exact) mass is 1080 g/mol. The van der Waals surface area contributed by atoms with Crippen molar-refractivity contribution in [1.82, 2.24) is 40.3 Å². The standard InChI is InChI=1S/C56H56F2N10O11/c1-4-37-42(57)10-5-31-19-36(69)21-40(46(31)37)48-47(58)49-41(23-59-48)50(66-25-33-6-7-34(26-66)60-33)64-54(63-49)79-29-56-14-13-35(67(56)24-30(2)22-56)27-78-55(75)65(3)15-16-76-17-18-77-28-45(71)61-32-8-9-38-39(20-32)53(74)68(52(38)73)43-11-12-44(70)62-51(43)72/h1,5,8-10,19-21,23,33-35,43,60,69H,2,6-7,11-18,22,24-29H2,3H3,(H,61,71)(H,62,70,72)/t33?,34?,35-,43?,56-/m0/s1. The first-order chi connectivity index (χ1) is 38.1. The fraction of sp³-hybridized carbons (Fsp3) is 0.411. The molecule has 21 nitrogen and oxygen atoms in total. The number of carbonyl (C=O) groups is 6. The van der Waals surface area contributed by atoms with Crippen LogP contribution in [-0.4, -0.2) is 173 Å². The average Bonchev–Trinajstić information content (AvgIpc) is 4.13. The van der Waals surface area contributed by atoms with Crippen LogP contribution in [0.25, 0.3) is 32.9 Å². The Hall–Kier alpha value is -8.17. The van der Waals surface area contributed by atoms with E-state index in [1.54, 1.807) is 7.05 Å². The number of imide groups is 2. The number of anilines is 2. The number of carbonyl (C=O) groups excluding carboxylic acids is 6. The number of benzene rings is 3. The summed E-state index contributed by atoms with van der Waals surface area (Å²) in [5, 5.41) is 20.1. The van der Waals surface area contributed by atoms with Crippen molar-refractivity contribution in [2.75, 3.05) is 83.1 Å². The van der Waals surface area contributed by atoms with Gasteiger partial charge in [-0.2, -0.15) is 9.97 Å². The van der Waals surface area contributed by atoms with Crippen LogP contribution < -0.4 is 25.6 Å². The molecule has 3 unspecified atom stereocenters. The molecule has 2 bridgehead atoms. The molecule has 0 aliphatic carbocycles. The van der Waals surface area contributed by atoms with Gasteiger partial charge in [0.05, 0.1) is 47.4 Å². The fourth-order valence-electron chi connectivity index (χ4n) is 11.9. The Balaban J connectivity index is 0.673. The quantitative estimate of drug-likeness (QED) is 0.0435. The van der Waals surface area contributed by atoms with Crippen LogP contribution >= 0.6 is 0 Å². The molecule has 3 aromatic carbocycles. The highest BCUT2D eigenvalue weighted by molar-refractivity contribution is 6.24. The summed E-state index contributed by atoms with van der Waals surface area (Å²) in [6.07, 6.45) is 10.7. The Kier molecular flexibility index (Phi) is 14.4. The second-order valence-corrected chi connectivity index (χ2v) is 20.9. The highest BCUT2D eigenvalue weighted by Gasteiger charge is 2.52. The number of aromatic nitrogens is 3. The van der Waals surface area contributed by atoms with Crippen LogP contribution in [-0.2, 0) is 28.6 Å². The molecule has 5 atom stereocenters. The second kappa shape index (κ2) is 21.6. The van der Waals surface area contributed by atoms with Gasteiger partial charge in [-0.1, -0.05) is 24.1 Å². The lowest BCUT2D eigenvalue weighted by atomic mass is 9.94. The number of ether oxygens (including phenoxy) is 4. The van der Waals surface area contributed by atoms with Crippen molar-refractivity contribution in [2.24, 2.45) is 0 Å². The number of nitrogens with zero attached hydrogens (tertiary/aromatic N) is 7. The zero-order valence-electron chi connectivity index (χ0n) is 43.1. The summed E-state index contributed by atoms with van der Waals surface area (Å²) in [7, 11) is 1.59. The molecule has 5 fully saturated rings. The number of hydrogen-bond donors (Lipinski definition) is 4. The molecule has 8 heterocycles. The van der Waals surface area contributed by atoms with Gasteiger partial charge < -0.3 is 44.5 Å². The Morgan fingerprint density at radius 3 is 2.54 bits per heavy atom. The van der Waals surface area contributed by atoms with Crippen LogP contribution in [0.5, 0.6) is 11.8 Å². The van der Waals surface area contributed by atoms with E-state index < -0.39 is 58.8 Å². The number of halogens is 2. The van der Waals surface area contributed by atoms with Crippen LogP contribution in [0.3, 0.4) is 0 Å². The van der Waals surface area contributed by atoms with Crippen molar-refractivity contribution in [3.05, 3.63) is 89.1 Å². The van der Waals surface area contributed by atoms with E-state index >= 15 is 8.78 Å². The summed E-state index contributed by atoms with van der Waals surface area (Å²) in [5.41, 5.74) is 0.573. The highest BCUT2D eigenvalue weighted by atomic mass is 19.1. The van der Waals surface area contributed by atoms with E-state index in [0.29, 0.717) is 55.5 Å². The van der Waals surface area contributed by atoms with E-state index in [2.05, 4.69) is 48.2 Å². The molecule has 23 heteroatoms. The van der Waals surface area contributed by atoms with Gasteiger partial charge in [0.1, 0.15) is 54.5 Å². The summed E-state index contributed by atoms with van der Waals surface area (Å²) in [5.74, 6) is -1.89. The number of phenolic OH excluding ortho intramolecular Hbond substituents is 1. The minimum absolute atomic E-state index is 0.00488. The lowest BCUT2D eigenvalue weighted by Crippen LogP contribution is -2.54.